The van der Waals surface area contributed by atoms with Crippen LogP contribution in [0.1, 0.15) is 5.56 Å². The second-order valence-electron chi connectivity index (χ2n) is 3.48. The molecule has 1 aromatic heterocycles. The smallest absolute Gasteiger partial charge is 0.225 e. The number of hydrogen-bond donors (Lipinski definition) is 1. The third-order valence-electron chi connectivity index (χ3n) is 2.39. The maximum absolute atomic E-state index is 4.27. The average molecular weight is 178 g/mol. The maximum Gasteiger partial charge on any atom is 0.225 e. The molecule has 0 bridgehead atoms. The Morgan fingerprint density at radius 1 is 1.38 bits per heavy atom. The number of aromatic nitrogens is 2. The molecule has 1 saturated heterocycles. The Balaban J connectivity index is 2.10. The minimum atomic E-state index is 0.558. The topological polar surface area (TPSA) is 41.1 Å². The first-order chi connectivity index (χ1) is 6.27. The van der Waals surface area contributed by atoms with Gasteiger partial charge in [-0.25, -0.2) is 9.97 Å². The normalized spacial score (nSPS) is 16.8. The fourth-order valence-corrected chi connectivity index (χ4v) is 1.28. The highest BCUT2D eigenvalue weighted by molar-refractivity contribution is 5.31. The Morgan fingerprint density at radius 2 is 2.00 bits per heavy atom. The van der Waals surface area contributed by atoms with Crippen LogP contribution in [-0.2, 0) is 0 Å². The summed E-state index contributed by atoms with van der Waals surface area (Å²) in [4.78, 5) is 10.7. The zero-order valence-corrected chi connectivity index (χ0v) is 7.99. The SMILES string of the molecule is Cc1cnc(N(C)C2CNC2)nc1. The molecule has 0 unspecified atom stereocenters. The van der Waals surface area contributed by atoms with Crippen LogP contribution in [0.5, 0.6) is 0 Å². The second kappa shape index (κ2) is 3.30. The summed E-state index contributed by atoms with van der Waals surface area (Å²) in [5, 5.41) is 3.23. The number of anilines is 1. The first-order valence-electron chi connectivity index (χ1n) is 4.49. The van der Waals surface area contributed by atoms with E-state index in [1.807, 2.05) is 26.4 Å². The van der Waals surface area contributed by atoms with Gasteiger partial charge in [0.05, 0.1) is 6.04 Å². The molecule has 70 valence electrons. The van der Waals surface area contributed by atoms with Gasteiger partial charge in [0, 0.05) is 32.5 Å². The molecule has 0 saturated carbocycles. The lowest BCUT2D eigenvalue weighted by atomic mass is 10.1. The van der Waals surface area contributed by atoms with Crippen molar-refractivity contribution in [3.05, 3.63) is 18.0 Å². The van der Waals surface area contributed by atoms with Crippen LogP contribution in [-0.4, -0.2) is 36.1 Å². The summed E-state index contributed by atoms with van der Waals surface area (Å²) in [6, 6.07) is 0.558. The van der Waals surface area contributed by atoms with Gasteiger partial charge < -0.3 is 10.2 Å². The molecule has 0 atom stereocenters. The Hall–Kier alpha value is -1.16. The maximum atomic E-state index is 4.27. The summed E-state index contributed by atoms with van der Waals surface area (Å²) in [6.45, 7) is 4.07. The number of aryl methyl sites for hydroxylation is 1. The summed E-state index contributed by atoms with van der Waals surface area (Å²) in [5.74, 6) is 0.817. The lowest BCUT2D eigenvalue weighted by Gasteiger charge is -2.35. The Bertz CT molecular complexity index is 278. The number of likely N-dealkylation sites (N-methyl/N-ethyl adjacent to an activating group) is 1. The van der Waals surface area contributed by atoms with Crippen molar-refractivity contribution in [3.63, 3.8) is 0 Å². The standard InChI is InChI=1S/C9H14N4/c1-7-3-11-9(12-4-7)13(2)8-5-10-6-8/h3-4,8,10H,5-6H2,1-2H3. The summed E-state index contributed by atoms with van der Waals surface area (Å²) >= 11 is 0. The third kappa shape index (κ3) is 1.62. The van der Waals surface area contributed by atoms with E-state index in [9.17, 15) is 0 Å². The van der Waals surface area contributed by atoms with Gasteiger partial charge in [0.25, 0.3) is 0 Å². The van der Waals surface area contributed by atoms with Crippen molar-refractivity contribution in [1.29, 1.82) is 0 Å². The lowest BCUT2D eigenvalue weighted by Crippen LogP contribution is -2.56. The average Bonchev–Trinajstić information content (AvgIpc) is 2.02. The Kier molecular flexibility index (Phi) is 2.14. The number of nitrogens with one attached hydrogen (secondary N) is 1. The zero-order valence-electron chi connectivity index (χ0n) is 7.99. The zero-order chi connectivity index (χ0) is 9.26. The van der Waals surface area contributed by atoms with Crippen molar-refractivity contribution in [2.75, 3.05) is 25.0 Å². The van der Waals surface area contributed by atoms with Crippen LogP contribution < -0.4 is 10.2 Å². The second-order valence-corrected chi connectivity index (χ2v) is 3.48. The van der Waals surface area contributed by atoms with Gasteiger partial charge in [-0.15, -0.1) is 0 Å². The van der Waals surface area contributed by atoms with Crippen molar-refractivity contribution in [1.82, 2.24) is 15.3 Å². The number of hydrogen-bond acceptors (Lipinski definition) is 4. The Morgan fingerprint density at radius 3 is 2.46 bits per heavy atom. The molecule has 1 fully saturated rings. The molecule has 4 heteroatoms. The van der Waals surface area contributed by atoms with Gasteiger partial charge >= 0.3 is 0 Å². The van der Waals surface area contributed by atoms with E-state index in [1.54, 1.807) is 0 Å². The van der Waals surface area contributed by atoms with Crippen molar-refractivity contribution in [2.45, 2.75) is 13.0 Å². The summed E-state index contributed by atoms with van der Waals surface area (Å²) < 4.78 is 0. The van der Waals surface area contributed by atoms with E-state index in [0.29, 0.717) is 6.04 Å². The van der Waals surface area contributed by atoms with Crippen molar-refractivity contribution in [3.8, 4) is 0 Å². The van der Waals surface area contributed by atoms with Crippen LogP contribution in [0, 0.1) is 6.92 Å². The largest absolute Gasteiger partial charge is 0.338 e. The molecule has 1 aromatic rings. The van der Waals surface area contributed by atoms with Gasteiger partial charge in [-0.05, 0) is 12.5 Å². The molecule has 1 aliphatic rings. The molecule has 0 aromatic carbocycles. The lowest BCUT2D eigenvalue weighted by molar-refractivity contribution is 0.424. The summed E-state index contributed by atoms with van der Waals surface area (Å²) in [7, 11) is 2.04. The van der Waals surface area contributed by atoms with E-state index in [2.05, 4.69) is 20.2 Å². The van der Waals surface area contributed by atoms with Crippen LogP contribution >= 0.6 is 0 Å². The highest BCUT2D eigenvalue weighted by Gasteiger charge is 2.22. The van der Waals surface area contributed by atoms with Crippen molar-refractivity contribution >= 4 is 5.95 Å². The highest BCUT2D eigenvalue weighted by atomic mass is 15.3. The molecule has 0 radical (unpaired) electrons. The predicted octanol–water partition coefficient (Wildman–Crippen LogP) is 0.193. The van der Waals surface area contributed by atoms with E-state index in [0.717, 1.165) is 24.6 Å². The van der Waals surface area contributed by atoms with Crippen LogP contribution in [0.2, 0.25) is 0 Å². The van der Waals surface area contributed by atoms with E-state index in [-0.39, 0.29) is 0 Å². The first kappa shape index (κ1) is 8.44. The molecule has 13 heavy (non-hydrogen) atoms. The molecule has 1 aliphatic heterocycles. The van der Waals surface area contributed by atoms with Gasteiger partial charge in [0.15, 0.2) is 0 Å². The number of rotatable bonds is 2. The quantitative estimate of drug-likeness (QED) is 0.702. The van der Waals surface area contributed by atoms with E-state index in [1.165, 1.54) is 0 Å². The fraction of sp³-hybridized carbons (Fsp3) is 0.556. The molecular weight excluding hydrogens is 164 g/mol. The van der Waals surface area contributed by atoms with Crippen molar-refractivity contribution in [2.24, 2.45) is 0 Å². The molecule has 4 nitrogen and oxygen atoms in total. The number of nitrogens with zero attached hydrogens (tertiary/aromatic N) is 3. The van der Waals surface area contributed by atoms with E-state index < -0.39 is 0 Å². The van der Waals surface area contributed by atoms with Gasteiger partial charge in [-0.1, -0.05) is 0 Å². The summed E-state index contributed by atoms with van der Waals surface area (Å²) in [6.07, 6.45) is 3.70. The van der Waals surface area contributed by atoms with Gasteiger partial charge in [0.1, 0.15) is 0 Å². The van der Waals surface area contributed by atoms with Gasteiger partial charge in [-0.3, -0.25) is 0 Å². The molecule has 0 aliphatic carbocycles. The molecule has 0 spiro atoms. The third-order valence-corrected chi connectivity index (χ3v) is 2.39. The van der Waals surface area contributed by atoms with Gasteiger partial charge in [0.2, 0.25) is 5.95 Å². The molecule has 2 heterocycles. The van der Waals surface area contributed by atoms with E-state index in [4.69, 9.17) is 0 Å². The highest BCUT2D eigenvalue weighted by Crippen LogP contribution is 2.10. The summed E-state index contributed by atoms with van der Waals surface area (Å²) in [5.41, 5.74) is 1.10. The molecule has 0 amide bonds. The Labute approximate surface area is 78.0 Å². The molecule has 2 rings (SSSR count). The minimum Gasteiger partial charge on any atom is -0.338 e. The van der Waals surface area contributed by atoms with Crippen molar-refractivity contribution < 1.29 is 0 Å². The molecule has 1 N–H and O–H groups in total. The fourth-order valence-electron chi connectivity index (χ4n) is 1.28. The van der Waals surface area contributed by atoms with Crippen LogP contribution in [0.4, 0.5) is 5.95 Å². The van der Waals surface area contributed by atoms with E-state index >= 15 is 0 Å². The van der Waals surface area contributed by atoms with Crippen LogP contribution in [0.15, 0.2) is 12.4 Å². The monoisotopic (exact) mass is 178 g/mol. The molecular formula is C9H14N4. The minimum absolute atomic E-state index is 0.558. The first-order valence-corrected chi connectivity index (χ1v) is 4.49. The van der Waals surface area contributed by atoms with Gasteiger partial charge in [-0.2, -0.15) is 0 Å². The van der Waals surface area contributed by atoms with Crippen LogP contribution in [0.3, 0.4) is 0 Å². The van der Waals surface area contributed by atoms with Crippen LogP contribution in [0.25, 0.3) is 0 Å². The predicted molar refractivity (Wildman–Crippen MR) is 51.8 cm³/mol.